The summed E-state index contributed by atoms with van der Waals surface area (Å²) >= 11 is 4.11. The van der Waals surface area contributed by atoms with Gasteiger partial charge in [0.1, 0.15) is 23.2 Å². The Labute approximate surface area is 198 Å². The molecule has 0 aliphatic carbocycles. The van der Waals surface area contributed by atoms with Crippen LogP contribution in [-0.4, -0.2) is 4.32 Å². The standard InChI is InChI=1S/C23H22PS2.F6P/c1-18-19(2)26-23(25-18)24(20-12-6-3-7-13-20,21-14-8-4-9-15-21)22-16-10-5-11-17-22;1-7(2,3,4,5)6/h3-17,23H,1-2H3;/q+1;-1. The number of allylic oxidation sites excluding steroid dienone is 2. The second kappa shape index (κ2) is 8.96. The molecule has 0 atom stereocenters. The van der Waals surface area contributed by atoms with E-state index in [0.717, 1.165) is 0 Å². The Morgan fingerprint density at radius 3 is 1.03 bits per heavy atom. The summed E-state index contributed by atoms with van der Waals surface area (Å²) in [6, 6.07) is 33.5. The minimum absolute atomic E-state index is 0.481. The van der Waals surface area contributed by atoms with Gasteiger partial charge in [-0.15, -0.1) is 0 Å². The van der Waals surface area contributed by atoms with Crippen LogP contribution in [0.5, 0.6) is 0 Å². The van der Waals surface area contributed by atoms with Crippen LogP contribution in [0.1, 0.15) is 13.8 Å². The summed E-state index contributed by atoms with van der Waals surface area (Å²) < 4.78 is 59.7. The summed E-state index contributed by atoms with van der Waals surface area (Å²) in [5, 5.41) is 4.39. The van der Waals surface area contributed by atoms with E-state index >= 15 is 0 Å². The zero-order chi connectivity index (χ0) is 24.4. The Kier molecular flexibility index (Phi) is 7.10. The van der Waals surface area contributed by atoms with E-state index in [1.165, 1.54) is 25.7 Å². The van der Waals surface area contributed by atoms with Gasteiger partial charge in [-0.3, -0.25) is 0 Å². The molecule has 0 fully saturated rings. The fraction of sp³-hybridized carbons (Fsp3) is 0.130. The third-order valence-electron chi connectivity index (χ3n) is 4.86. The normalized spacial score (nSPS) is 17.1. The average molecular weight is 538 g/mol. The number of hydrogen-bond donors (Lipinski definition) is 0. The average Bonchev–Trinajstić information content (AvgIpc) is 3.07. The maximum absolute atomic E-state index is 10.7. The van der Waals surface area contributed by atoms with Crippen molar-refractivity contribution in [3.8, 4) is 0 Å². The second-order valence-corrected chi connectivity index (χ2v) is 16.4. The van der Waals surface area contributed by atoms with Crippen LogP contribution in [0.15, 0.2) is 101 Å². The SMILES string of the molecule is CC1=C(C)SC([P+](c2ccccc2)(c2ccccc2)c2ccccc2)S1.F[P-](F)(F)(F)(F)F. The van der Waals surface area contributed by atoms with Crippen molar-refractivity contribution in [3.05, 3.63) is 101 Å². The molecule has 33 heavy (non-hydrogen) atoms. The predicted molar refractivity (Wildman–Crippen MR) is 136 cm³/mol. The van der Waals surface area contributed by atoms with Gasteiger partial charge in [-0.25, -0.2) is 0 Å². The molecule has 0 unspecified atom stereocenters. The van der Waals surface area contributed by atoms with E-state index in [1.807, 2.05) is 0 Å². The monoisotopic (exact) mass is 538 g/mol. The first kappa shape index (κ1) is 26.2. The van der Waals surface area contributed by atoms with Gasteiger partial charge in [-0.1, -0.05) is 78.1 Å². The first-order valence-electron chi connectivity index (χ1n) is 9.80. The zero-order valence-corrected chi connectivity index (χ0v) is 21.1. The topological polar surface area (TPSA) is 0 Å². The fourth-order valence-electron chi connectivity index (χ4n) is 3.45. The van der Waals surface area contributed by atoms with Gasteiger partial charge in [0, 0.05) is 0 Å². The van der Waals surface area contributed by atoms with E-state index in [2.05, 4.69) is 128 Å². The van der Waals surface area contributed by atoms with Crippen molar-refractivity contribution in [2.75, 3.05) is 0 Å². The quantitative estimate of drug-likeness (QED) is 0.240. The van der Waals surface area contributed by atoms with Crippen LogP contribution in [0.2, 0.25) is 0 Å². The van der Waals surface area contributed by atoms with Gasteiger partial charge < -0.3 is 0 Å². The molecule has 3 aromatic carbocycles. The Morgan fingerprint density at radius 2 is 0.788 bits per heavy atom. The number of rotatable bonds is 4. The van der Waals surface area contributed by atoms with Crippen LogP contribution in [0, 0.1) is 0 Å². The summed E-state index contributed by atoms with van der Waals surface area (Å²) in [5.41, 5.74) is 0. The Hall–Kier alpha value is -1.46. The van der Waals surface area contributed by atoms with Crippen LogP contribution in [0.4, 0.5) is 25.2 Å². The maximum atomic E-state index is 9.87. The molecule has 10 heteroatoms. The third kappa shape index (κ3) is 7.26. The van der Waals surface area contributed by atoms with Gasteiger partial charge in [0.15, 0.2) is 4.32 Å². The van der Waals surface area contributed by atoms with Crippen molar-refractivity contribution < 1.29 is 25.2 Å². The van der Waals surface area contributed by atoms with Gasteiger partial charge >= 0.3 is 33.0 Å². The van der Waals surface area contributed by atoms with Gasteiger partial charge in [-0.2, -0.15) is 0 Å². The Balaban J connectivity index is 0.000000383. The van der Waals surface area contributed by atoms with Crippen molar-refractivity contribution in [2.45, 2.75) is 18.2 Å². The molecule has 178 valence electrons. The molecule has 1 aliphatic heterocycles. The predicted octanol–water partition coefficient (Wildman–Crippen LogP) is 9.38. The third-order valence-corrected chi connectivity index (χ3v) is 13.8. The van der Waals surface area contributed by atoms with Gasteiger partial charge in [-0.05, 0) is 60.1 Å². The summed E-state index contributed by atoms with van der Waals surface area (Å²) in [6.45, 7) is 4.53. The summed E-state index contributed by atoms with van der Waals surface area (Å²) in [4.78, 5) is 2.93. The van der Waals surface area contributed by atoms with E-state index in [9.17, 15) is 25.2 Å². The van der Waals surface area contributed by atoms with E-state index in [4.69, 9.17) is 0 Å². The van der Waals surface area contributed by atoms with E-state index < -0.39 is 15.1 Å². The van der Waals surface area contributed by atoms with Crippen molar-refractivity contribution in [3.63, 3.8) is 0 Å². The van der Waals surface area contributed by atoms with Crippen LogP contribution in [0.25, 0.3) is 0 Å². The molecular weight excluding hydrogens is 516 g/mol. The summed E-state index contributed by atoms with van der Waals surface area (Å²) in [6.07, 6.45) is 0. The molecule has 0 spiro atoms. The van der Waals surface area contributed by atoms with E-state index in [1.54, 1.807) is 0 Å². The molecule has 4 rings (SSSR count). The molecule has 0 saturated carbocycles. The van der Waals surface area contributed by atoms with Gasteiger partial charge in [0.25, 0.3) is 0 Å². The second-order valence-electron chi connectivity index (χ2n) is 7.34. The molecule has 0 amide bonds. The molecule has 3 aromatic rings. The van der Waals surface area contributed by atoms with Crippen molar-refractivity contribution in [1.82, 2.24) is 0 Å². The molecule has 1 aliphatic rings. The Morgan fingerprint density at radius 1 is 0.545 bits per heavy atom. The first-order valence-corrected chi connectivity index (χ1v) is 15.5. The molecular formula is C23H22F6P2S2. The molecule has 1 heterocycles. The van der Waals surface area contributed by atoms with Crippen molar-refractivity contribution >= 4 is 54.5 Å². The van der Waals surface area contributed by atoms with Crippen LogP contribution in [-0.2, 0) is 0 Å². The molecule has 0 N–H and O–H groups in total. The zero-order valence-electron chi connectivity index (χ0n) is 17.7. The number of hydrogen-bond acceptors (Lipinski definition) is 2. The fourth-order valence-corrected chi connectivity index (χ4v) is 13.7. The van der Waals surface area contributed by atoms with Gasteiger partial charge in [0.05, 0.1) is 0 Å². The summed E-state index contributed by atoms with van der Waals surface area (Å²) in [5.74, 6) is 0. The Bertz CT molecular complexity index is 998. The van der Waals surface area contributed by atoms with E-state index in [0.29, 0.717) is 4.32 Å². The number of thioether (sulfide) groups is 2. The molecule has 0 radical (unpaired) electrons. The van der Waals surface area contributed by atoms with Gasteiger partial charge in [0.2, 0.25) is 0 Å². The number of benzene rings is 3. The molecule has 0 aromatic heterocycles. The van der Waals surface area contributed by atoms with Crippen molar-refractivity contribution in [2.24, 2.45) is 0 Å². The van der Waals surface area contributed by atoms with Crippen LogP contribution < -0.4 is 15.9 Å². The number of halogens is 6. The molecule has 0 saturated heterocycles. The summed E-state index contributed by atoms with van der Waals surface area (Å²) in [7, 11) is -12.4. The molecule has 0 nitrogen and oxygen atoms in total. The van der Waals surface area contributed by atoms with Crippen molar-refractivity contribution in [1.29, 1.82) is 0 Å². The van der Waals surface area contributed by atoms with E-state index in [-0.39, 0.29) is 0 Å². The van der Waals surface area contributed by atoms with Crippen LogP contribution >= 0.6 is 38.6 Å². The van der Waals surface area contributed by atoms with Crippen LogP contribution in [0.3, 0.4) is 0 Å². The first-order chi connectivity index (χ1) is 15.2. The molecule has 0 bridgehead atoms. The minimum atomic E-state index is -10.7.